The summed E-state index contributed by atoms with van der Waals surface area (Å²) in [5.41, 5.74) is 0.515. The molecule has 1 aromatic rings. The number of aromatic hydroxyl groups is 1. The van der Waals surface area contributed by atoms with E-state index in [1.54, 1.807) is 17.0 Å². The van der Waals surface area contributed by atoms with Crippen LogP contribution in [0.5, 0.6) is 17.2 Å². The molecule has 0 spiro atoms. The number of phenolic OH excluding ortho intramolecular Hbond substituents is 1. The second-order valence-corrected chi connectivity index (χ2v) is 4.34. The molecule has 1 atom stereocenters. The minimum Gasteiger partial charge on any atom is -0.506 e. The average Bonchev–Trinajstić information content (AvgIpc) is 2.40. The lowest BCUT2D eigenvalue weighted by Gasteiger charge is -2.36. The summed E-state index contributed by atoms with van der Waals surface area (Å²) in [5, 5.41) is 23.1. The van der Waals surface area contributed by atoms with E-state index in [1.165, 1.54) is 0 Å². The number of nitrogens with zero attached hydrogens (tertiary/aromatic N) is 1. The second-order valence-electron chi connectivity index (χ2n) is 4.34. The minimum atomic E-state index is -0.679. The third-order valence-electron chi connectivity index (χ3n) is 3.16. The van der Waals surface area contributed by atoms with Gasteiger partial charge in [-0.1, -0.05) is 0 Å². The summed E-state index contributed by atoms with van der Waals surface area (Å²) < 4.78 is 11.1. The van der Waals surface area contributed by atoms with Crippen molar-refractivity contribution >= 4 is 5.69 Å². The van der Waals surface area contributed by atoms with Crippen molar-refractivity contribution in [2.45, 2.75) is 6.23 Å². The maximum Gasteiger partial charge on any atom is 0.188 e. The number of aliphatic hydroxyl groups is 1. The highest BCUT2D eigenvalue weighted by atomic mass is 16.6. The largest absolute Gasteiger partial charge is 0.506 e. The predicted octanol–water partition coefficient (Wildman–Crippen LogP) is -0.109. The summed E-state index contributed by atoms with van der Waals surface area (Å²) in [6, 6.07) is 3.25. The maximum absolute atomic E-state index is 10.0. The summed E-state index contributed by atoms with van der Waals surface area (Å²) in [4.78, 5) is 1.74. The van der Waals surface area contributed by atoms with Crippen LogP contribution in [0.2, 0.25) is 0 Å². The van der Waals surface area contributed by atoms with Crippen LogP contribution in [0.25, 0.3) is 0 Å². The molecular weight excluding hydrogens is 236 g/mol. The SMILES string of the molecule is Oc1ccc2c(c1N1CCNCC1O)OCCO2. The highest BCUT2D eigenvalue weighted by molar-refractivity contribution is 5.72. The van der Waals surface area contributed by atoms with Gasteiger partial charge in [-0.2, -0.15) is 0 Å². The number of anilines is 1. The molecule has 0 saturated carbocycles. The van der Waals surface area contributed by atoms with E-state index in [0.717, 1.165) is 6.54 Å². The normalized spacial score (nSPS) is 22.9. The molecule has 98 valence electrons. The van der Waals surface area contributed by atoms with Crippen LogP contribution < -0.4 is 19.7 Å². The molecule has 1 unspecified atom stereocenters. The number of hydrogen-bond acceptors (Lipinski definition) is 6. The van der Waals surface area contributed by atoms with Gasteiger partial charge in [-0.25, -0.2) is 0 Å². The summed E-state index contributed by atoms with van der Waals surface area (Å²) in [5.74, 6) is 1.22. The summed E-state index contributed by atoms with van der Waals surface area (Å²) in [6.45, 7) is 2.77. The molecular formula is C12H16N2O4. The van der Waals surface area contributed by atoms with Crippen molar-refractivity contribution in [3.63, 3.8) is 0 Å². The third kappa shape index (κ3) is 1.83. The summed E-state index contributed by atoms with van der Waals surface area (Å²) in [7, 11) is 0. The summed E-state index contributed by atoms with van der Waals surface area (Å²) in [6.07, 6.45) is -0.679. The van der Waals surface area contributed by atoms with Crippen molar-refractivity contribution in [1.29, 1.82) is 0 Å². The van der Waals surface area contributed by atoms with Gasteiger partial charge in [0.25, 0.3) is 0 Å². The molecule has 18 heavy (non-hydrogen) atoms. The fraction of sp³-hybridized carbons (Fsp3) is 0.500. The van der Waals surface area contributed by atoms with E-state index in [1.807, 2.05) is 0 Å². The average molecular weight is 252 g/mol. The van der Waals surface area contributed by atoms with E-state index in [4.69, 9.17) is 9.47 Å². The van der Waals surface area contributed by atoms with Crippen LogP contribution in [-0.4, -0.2) is 49.3 Å². The number of aliphatic hydroxyl groups excluding tert-OH is 1. The first-order valence-corrected chi connectivity index (χ1v) is 6.04. The Bertz CT molecular complexity index is 452. The maximum atomic E-state index is 10.0. The van der Waals surface area contributed by atoms with Crippen molar-refractivity contribution in [1.82, 2.24) is 5.32 Å². The van der Waals surface area contributed by atoms with Gasteiger partial charge in [0, 0.05) is 19.6 Å². The zero-order chi connectivity index (χ0) is 12.5. The van der Waals surface area contributed by atoms with Crippen molar-refractivity contribution in [2.75, 3.05) is 37.7 Å². The Morgan fingerprint density at radius 1 is 1.28 bits per heavy atom. The van der Waals surface area contributed by atoms with Crippen LogP contribution in [-0.2, 0) is 0 Å². The highest BCUT2D eigenvalue weighted by Gasteiger charge is 2.29. The Morgan fingerprint density at radius 2 is 2.11 bits per heavy atom. The topological polar surface area (TPSA) is 74.2 Å². The Hall–Kier alpha value is -1.66. The van der Waals surface area contributed by atoms with Gasteiger partial charge in [0.05, 0.1) is 0 Å². The molecule has 2 aliphatic heterocycles. The number of rotatable bonds is 1. The summed E-state index contributed by atoms with van der Waals surface area (Å²) >= 11 is 0. The fourth-order valence-corrected chi connectivity index (χ4v) is 2.32. The van der Waals surface area contributed by atoms with E-state index >= 15 is 0 Å². The molecule has 0 bridgehead atoms. The number of ether oxygens (including phenoxy) is 2. The third-order valence-corrected chi connectivity index (χ3v) is 3.16. The standard InChI is InChI=1S/C12H16N2O4/c15-8-1-2-9-12(18-6-5-17-9)11(8)14-4-3-13-7-10(14)16/h1-2,10,13,15-16H,3-7H2. The van der Waals surface area contributed by atoms with Crippen LogP contribution >= 0.6 is 0 Å². The quantitative estimate of drug-likeness (QED) is 0.647. The van der Waals surface area contributed by atoms with Gasteiger partial charge >= 0.3 is 0 Å². The molecule has 3 rings (SSSR count). The number of hydrogen-bond donors (Lipinski definition) is 3. The van der Waals surface area contributed by atoms with Crippen molar-refractivity contribution < 1.29 is 19.7 Å². The fourth-order valence-electron chi connectivity index (χ4n) is 2.32. The lowest BCUT2D eigenvalue weighted by atomic mass is 10.2. The number of benzene rings is 1. The number of nitrogens with one attached hydrogen (secondary N) is 1. The molecule has 6 nitrogen and oxygen atoms in total. The van der Waals surface area contributed by atoms with Gasteiger partial charge in [0.1, 0.15) is 30.9 Å². The highest BCUT2D eigenvalue weighted by Crippen LogP contribution is 2.46. The van der Waals surface area contributed by atoms with E-state index < -0.39 is 6.23 Å². The Balaban J connectivity index is 2.04. The number of phenols is 1. The zero-order valence-electron chi connectivity index (χ0n) is 9.93. The lowest BCUT2D eigenvalue weighted by Crippen LogP contribution is -2.51. The molecule has 2 heterocycles. The molecule has 2 aliphatic rings. The van der Waals surface area contributed by atoms with Gasteiger partial charge in [-0.15, -0.1) is 0 Å². The number of piperazine rings is 1. The molecule has 0 aliphatic carbocycles. The molecule has 0 amide bonds. The van der Waals surface area contributed by atoms with Gasteiger partial charge in [0.2, 0.25) is 0 Å². The lowest BCUT2D eigenvalue weighted by molar-refractivity contribution is 0.144. The van der Waals surface area contributed by atoms with Crippen molar-refractivity contribution in [3.05, 3.63) is 12.1 Å². The van der Waals surface area contributed by atoms with E-state index in [2.05, 4.69) is 5.32 Å². The van der Waals surface area contributed by atoms with E-state index in [0.29, 0.717) is 43.5 Å². The van der Waals surface area contributed by atoms with Crippen molar-refractivity contribution in [2.24, 2.45) is 0 Å². The molecule has 1 saturated heterocycles. The minimum absolute atomic E-state index is 0.0974. The Kier molecular flexibility index (Phi) is 2.89. The molecule has 1 fully saturated rings. The van der Waals surface area contributed by atoms with Gasteiger partial charge in [0.15, 0.2) is 11.5 Å². The number of β-amino-alcohol motifs (C(OH)–C–C–N with tert-alkyl or cyclic N) is 1. The van der Waals surface area contributed by atoms with Crippen LogP contribution in [0.3, 0.4) is 0 Å². The van der Waals surface area contributed by atoms with Gasteiger partial charge in [-0.05, 0) is 12.1 Å². The smallest absolute Gasteiger partial charge is 0.188 e. The monoisotopic (exact) mass is 252 g/mol. The van der Waals surface area contributed by atoms with Crippen LogP contribution in [0.1, 0.15) is 0 Å². The predicted molar refractivity (Wildman–Crippen MR) is 65.3 cm³/mol. The first-order valence-electron chi connectivity index (χ1n) is 6.04. The first-order chi connectivity index (χ1) is 8.77. The molecule has 6 heteroatoms. The van der Waals surface area contributed by atoms with E-state index in [-0.39, 0.29) is 5.75 Å². The Morgan fingerprint density at radius 3 is 2.94 bits per heavy atom. The van der Waals surface area contributed by atoms with Gasteiger partial charge in [-0.3, -0.25) is 0 Å². The molecule has 3 N–H and O–H groups in total. The second kappa shape index (κ2) is 4.55. The molecule has 0 radical (unpaired) electrons. The molecule has 0 aromatic heterocycles. The van der Waals surface area contributed by atoms with Crippen LogP contribution in [0.15, 0.2) is 12.1 Å². The molecule has 1 aromatic carbocycles. The number of fused-ring (bicyclic) bond motifs is 1. The Labute approximate surface area is 105 Å². The van der Waals surface area contributed by atoms with E-state index in [9.17, 15) is 10.2 Å². The van der Waals surface area contributed by atoms with Crippen molar-refractivity contribution in [3.8, 4) is 17.2 Å². The van der Waals surface area contributed by atoms with Crippen LogP contribution in [0.4, 0.5) is 5.69 Å². The zero-order valence-corrected chi connectivity index (χ0v) is 9.93. The van der Waals surface area contributed by atoms with Gasteiger partial charge < -0.3 is 29.9 Å². The first kappa shape index (κ1) is 11.4. The van der Waals surface area contributed by atoms with Crippen LogP contribution in [0, 0.1) is 0 Å².